The van der Waals surface area contributed by atoms with Crippen LogP contribution in [0, 0.1) is 0 Å². The zero-order valence-electron chi connectivity index (χ0n) is 12.6. The van der Waals surface area contributed by atoms with Gasteiger partial charge in [0.15, 0.2) is 0 Å². The molecule has 1 fully saturated rings. The van der Waals surface area contributed by atoms with Gasteiger partial charge < -0.3 is 4.74 Å². The topological polar surface area (TPSA) is 86.1 Å². The van der Waals surface area contributed by atoms with Crippen molar-refractivity contribution in [3.63, 3.8) is 0 Å². The van der Waals surface area contributed by atoms with Crippen molar-refractivity contribution in [3.05, 3.63) is 36.0 Å². The molecule has 1 N–H and O–H groups in total. The van der Waals surface area contributed by atoms with Crippen molar-refractivity contribution in [2.45, 2.75) is 37.3 Å². The Bertz CT molecular complexity index is 799. The maximum absolute atomic E-state index is 11.9. The highest BCUT2D eigenvalue weighted by molar-refractivity contribution is 7.90. The predicted octanol–water partition coefficient (Wildman–Crippen LogP) is 0.926. The molecule has 0 bridgehead atoms. The molecule has 1 aliphatic carbocycles. The Balaban J connectivity index is 1.45. The molecular formula is C15H18N4O3S. The Morgan fingerprint density at radius 2 is 2.04 bits per heavy atom. The highest BCUT2D eigenvalue weighted by Gasteiger charge is 2.36. The first kappa shape index (κ1) is 14.8. The largest absolute Gasteiger partial charge is 0.369 e. The maximum atomic E-state index is 11.9. The van der Waals surface area contributed by atoms with Crippen molar-refractivity contribution >= 4 is 10.0 Å². The molecule has 1 unspecified atom stereocenters. The fourth-order valence-electron chi connectivity index (χ4n) is 2.71. The highest BCUT2D eigenvalue weighted by Crippen LogP contribution is 2.28. The van der Waals surface area contributed by atoms with Crippen LogP contribution in [0.3, 0.4) is 0 Å². The fraction of sp³-hybridized carbons (Fsp3) is 0.467. The average Bonchev–Trinajstić information content (AvgIpc) is 3.35. The van der Waals surface area contributed by atoms with Crippen molar-refractivity contribution in [1.82, 2.24) is 19.7 Å². The average molecular weight is 334 g/mol. The van der Waals surface area contributed by atoms with Gasteiger partial charge in [-0.05, 0) is 12.8 Å². The van der Waals surface area contributed by atoms with E-state index in [1.165, 1.54) is 0 Å². The number of fused-ring (bicyclic) bond motifs is 1. The van der Waals surface area contributed by atoms with Gasteiger partial charge in [-0.3, -0.25) is 0 Å². The summed E-state index contributed by atoms with van der Waals surface area (Å²) in [7, 11) is -3.18. The summed E-state index contributed by atoms with van der Waals surface area (Å²) in [5.41, 5.74) is 2.75. The van der Waals surface area contributed by atoms with Crippen LogP contribution in [-0.2, 0) is 27.9 Å². The van der Waals surface area contributed by atoms with Crippen molar-refractivity contribution in [2.24, 2.45) is 0 Å². The van der Waals surface area contributed by atoms with E-state index in [0.717, 1.165) is 29.8 Å². The van der Waals surface area contributed by atoms with E-state index < -0.39 is 10.0 Å². The summed E-state index contributed by atoms with van der Waals surface area (Å²) in [6.07, 6.45) is 1.30. The Labute approximate surface area is 134 Å². The highest BCUT2D eigenvalue weighted by atomic mass is 32.2. The first-order chi connectivity index (χ1) is 11.1. The van der Waals surface area contributed by atoms with Gasteiger partial charge >= 0.3 is 0 Å². The molecule has 0 spiro atoms. The van der Waals surface area contributed by atoms with Gasteiger partial charge in [0.1, 0.15) is 5.69 Å². The summed E-state index contributed by atoms with van der Waals surface area (Å²) in [5, 5.41) is 8.22. The zero-order chi connectivity index (χ0) is 15.9. The van der Waals surface area contributed by atoms with E-state index in [4.69, 9.17) is 4.74 Å². The van der Waals surface area contributed by atoms with Crippen LogP contribution in [0.1, 0.15) is 18.5 Å². The van der Waals surface area contributed by atoms with Crippen LogP contribution in [0.2, 0.25) is 0 Å². The van der Waals surface area contributed by atoms with Crippen LogP contribution >= 0.6 is 0 Å². The quantitative estimate of drug-likeness (QED) is 0.879. The second kappa shape index (κ2) is 5.70. The van der Waals surface area contributed by atoms with E-state index in [0.29, 0.717) is 13.2 Å². The van der Waals surface area contributed by atoms with Gasteiger partial charge in [-0.2, -0.15) is 0 Å². The van der Waals surface area contributed by atoms with Crippen LogP contribution in [0.15, 0.2) is 30.3 Å². The third-order valence-corrected chi connectivity index (χ3v) is 6.11. The lowest BCUT2D eigenvalue weighted by molar-refractivity contribution is 0.00431. The lowest BCUT2D eigenvalue weighted by Gasteiger charge is -2.24. The van der Waals surface area contributed by atoms with Crippen molar-refractivity contribution in [3.8, 4) is 11.3 Å². The van der Waals surface area contributed by atoms with Crippen LogP contribution in [0.25, 0.3) is 11.3 Å². The summed E-state index contributed by atoms with van der Waals surface area (Å²) in [6.45, 7) is 1.16. The van der Waals surface area contributed by atoms with Gasteiger partial charge in [-0.15, -0.1) is 5.10 Å². The van der Waals surface area contributed by atoms with E-state index in [9.17, 15) is 8.42 Å². The molecule has 0 saturated heterocycles. The van der Waals surface area contributed by atoms with Gasteiger partial charge in [-0.25, -0.2) is 17.8 Å². The standard InChI is InChI=1S/C15H18N4O3S/c20-23(21,13-6-7-13)16-8-12-9-19-14(10-22-12)15(17-18-19)11-4-2-1-3-5-11/h1-5,12-13,16H,6-10H2. The number of hydrogen-bond donors (Lipinski definition) is 1. The molecular weight excluding hydrogens is 316 g/mol. The lowest BCUT2D eigenvalue weighted by Crippen LogP contribution is -2.40. The number of nitrogens with one attached hydrogen (secondary N) is 1. The van der Waals surface area contributed by atoms with Gasteiger partial charge in [0.25, 0.3) is 0 Å². The molecule has 2 aromatic rings. The maximum Gasteiger partial charge on any atom is 0.214 e. The van der Waals surface area contributed by atoms with Crippen LogP contribution in [0.4, 0.5) is 0 Å². The van der Waals surface area contributed by atoms with Gasteiger partial charge in [-0.1, -0.05) is 35.5 Å². The third-order valence-electron chi connectivity index (χ3n) is 4.19. The van der Waals surface area contributed by atoms with Crippen LogP contribution in [-0.4, -0.2) is 41.3 Å². The van der Waals surface area contributed by atoms with E-state index >= 15 is 0 Å². The summed E-state index contributed by atoms with van der Waals surface area (Å²) < 4.78 is 34.0. The second-order valence-electron chi connectivity index (χ2n) is 5.96. The molecule has 7 nitrogen and oxygen atoms in total. The summed E-state index contributed by atoms with van der Waals surface area (Å²) in [5.74, 6) is 0. The summed E-state index contributed by atoms with van der Waals surface area (Å²) >= 11 is 0. The van der Waals surface area contributed by atoms with Gasteiger partial charge in [0, 0.05) is 12.1 Å². The summed E-state index contributed by atoms with van der Waals surface area (Å²) in [4.78, 5) is 0. The van der Waals surface area contributed by atoms with E-state index in [1.54, 1.807) is 0 Å². The number of rotatable bonds is 5. The Hall–Kier alpha value is -1.77. The molecule has 4 rings (SSSR count). The molecule has 0 radical (unpaired) electrons. The summed E-state index contributed by atoms with van der Waals surface area (Å²) in [6, 6.07) is 9.85. The Kier molecular flexibility index (Phi) is 3.67. The third kappa shape index (κ3) is 3.01. The Morgan fingerprint density at radius 3 is 2.78 bits per heavy atom. The molecule has 23 heavy (non-hydrogen) atoms. The SMILES string of the molecule is O=S(=O)(NCC1Cn2nnc(-c3ccccc3)c2CO1)C1CC1. The lowest BCUT2D eigenvalue weighted by atomic mass is 10.1. The van der Waals surface area contributed by atoms with Gasteiger partial charge in [0.2, 0.25) is 10.0 Å². The van der Waals surface area contributed by atoms with Crippen molar-refractivity contribution in [2.75, 3.05) is 6.54 Å². The van der Waals surface area contributed by atoms with Crippen molar-refractivity contribution in [1.29, 1.82) is 0 Å². The Morgan fingerprint density at radius 1 is 1.26 bits per heavy atom. The van der Waals surface area contributed by atoms with Crippen LogP contribution in [0.5, 0.6) is 0 Å². The van der Waals surface area contributed by atoms with E-state index in [1.807, 2.05) is 35.0 Å². The number of nitrogens with zero attached hydrogens (tertiary/aromatic N) is 3. The molecule has 8 heteroatoms. The molecule has 2 heterocycles. The number of benzene rings is 1. The fourth-order valence-corrected chi connectivity index (χ4v) is 4.12. The first-order valence-electron chi connectivity index (χ1n) is 7.71. The first-order valence-corrected chi connectivity index (χ1v) is 9.26. The van der Waals surface area contributed by atoms with Crippen molar-refractivity contribution < 1.29 is 13.2 Å². The molecule has 122 valence electrons. The molecule has 0 amide bonds. The minimum Gasteiger partial charge on any atom is -0.369 e. The molecule has 1 aromatic carbocycles. The smallest absolute Gasteiger partial charge is 0.214 e. The number of sulfonamides is 1. The normalized spacial score (nSPS) is 21.1. The number of hydrogen-bond acceptors (Lipinski definition) is 5. The van der Waals surface area contributed by atoms with E-state index in [-0.39, 0.29) is 17.9 Å². The van der Waals surface area contributed by atoms with E-state index in [2.05, 4.69) is 15.0 Å². The second-order valence-corrected chi connectivity index (χ2v) is 8.00. The monoisotopic (exact) mass is 334 g/mol. The predicted molar refractivity (Wildman–Crippen MR) is 84.0 cm³/mol. The number of ether oxygens (including phenoxy) is 1. The van der Waals surface area contributed by atoms with Gasteiger partial charge in [0.05, 0.1) is 30.2 Å². The molecule has 1 aromatic heterocycles. The zero-order valence-corrected chi connectivity index (χ0v) is 13.4. The minimum atomic E-state index is -3.18. The van der Waals surface area contributed by atoms with Crippen LogP contribution < -0.4 is 4.72 Å². The molecule has 2 aliphatic rings. The molecule has 1 atom stereocenters. The molecule has 1 saturated carbocycles. The minimum absolute atomic E-state index is 0.210. The molecule has 1 aliphatic heterocycles. The number of aromatic nitrogens is 3.